The number of amides is 1. The Kier molecular flexibility index (Phi) is 66.2. The number of rotatable bonds is 75. The Morgan fingerprint density at radius 3 is 0.964 bits per heavy atom. The molecule has 3 saturated heterocycles. The van der Waals surface area contributed by atoms with Gasteiger partial charge in [0.05, 0.1) is 38.6 Å². The van der Waals surface area contributed by atoms with Crippen molar-refractivity contribution >= 4 is 5.91 Å². The molecule has 19 heteroatoms. The molecule has 3 aliphatic heterocycles. The van der Waals surface area contributed by atoms with Gasteiger partial charge in [-0.15, -0.1) is 0 Å². The molecule has 0 aromatic rings. The number of carbonyl (C=O) groups is 1. The molecule has 19 nitrogen and oxygen atoms in total. The van der Waals surface area contributed by atoms with Gasteiger partial charge in [0.25, 0.3) is 0 Å². The molecule has 111 heavy (non-hydrogen) atoms. The topological polar surface area (TPSA) is 307 Å². The van der Waals surface area contributed by atoms with Crippen molar-refractivity contribution in [2.45, 2.75) is 491 Å². The van der Waals surface area contributed by atoms with Gasteiger partial charge < -0.3 is 89.9 Å². The Morgan fingerprint density at radius 2 is 0.604 bits per heavy atom. The lowest BCUT2D eigenvalue weighted by Gasteiger charge is -2.48. The molecule has 0 aromatic carbocycles. The molecule has 3 fully saturated rings. The van der Waals surface area contributed by atoms with Crippen LogP contribution in [-0.2, 0) is 33.2 Å². The predicted octanol–water partition coefficient (Wildman–Crippen LogP) is 17.7. The standard InChI is InChI=1S/C92H169NO18/c1-3-5-7-9-11-13-15-17-19-21-23-25-27-29-30-31-32-33-34-35-36-37-38-39-40-41-42-43-44-46-48-50-52-54-56-58-60-62-64-66-68-70-80(98)93-75(76(97)69-67-65-63-61-59-57-55-53-51-49-47-45-28-26-24-22-20-18-16-14-12-10-8-6-4-2)74-106-90-86(104)83(101)88(78(72-95)108-90)111-92-87(105)84(102)89(79(73-96)109-92)110-91-85(103)82(100)81(99)77(71-94)107-91/h15,17,21,23,27,29,59,61,67,69,75-79,81-92,94-97,99-105H,3-14,16,18-20,22,24-26,28,30-58,60,62-66,68,70-74H2,1-2H3,(H,93,98)/b17-15-,23-21-,29-27-,61-59+,69-67+. The van der Waals surface area contributed by atoms with Crippen molar-refractivity contribution < 1.29 is 89.4 Å². The summed E-state index contributed by atoms with van der Waals surface area (Å²) >= 11 is 0. The number of hydrogen-bond donors (Lipinski definition) is 12. The molecule has 3 aliphatic rings. The second-order valence-electron chi connectivity index (χ2n) is 32.8. The molecule has 0 aromatic heterocycles. The van der Waals surface area contributed by atoms with Crippen LogP contribution in [0.4, 0.5) is 0 Å². The number of hydrogen-bond acceptors (Lipinski definition) is 18. The molecule has 0 radical (unpaired) electrons. The van der Waals surface area contributed by atoms with E-state index in [1.54, 1.807) is 6.08 Å². The average Bonchev–Trinajstić information content (AvgIpc) is 0.780. The Hall–Kier alpha value is -2.51. The number of ether oxygens (including phenoxy) is 6. The highest BCUT2D eigenvalue weighted by atomic mass is 16.8. The van der Waals surface area contributed by atoms with E-state index in [1.807, 2.05) is 6.08 Å². The summed E-state index contributed by atoms with van der Waals surface area (Å²) in [5, 5.41) is 121. The van der Waals surface area contributed by atoms with Crippen molar-refractivity contribution in [3.05, 3.63) is 60.8 Å². The normalized spacial score (nSPS) is 25.3. The first-order valence-electron chi connectivity index (χ1n) is 46.0. The first kappa shape index (κ1) is 103. The van der Waals surface area contributed by atoms with Crippen molar-refractivity contribution in [2.24, 2.45) is 0 Å². The number of allylic oxidation sites excluding steroid dienone is 9. The molecule has 650 valence electrons. The lowest BCUT2D eigenvalue weighted by molar-refractivity contribution is -0.379. The van der Waals surface area contributed by atoms with Gasteiger partial charge in [-0.3, -0.25) is 4.79 Å². The fourth-order valence-corrected chi connectivity index (χ4v) is 15.5. The summed E-state index contributed by atoms with van der Waals surface area (Å²) in [5.41, 5.74) is 0. The zero-order chi connectivity index (χ0) is 80.3. The second kappa shape index (κ2) is 71.6. The monoisotopic (exact) mass is 1580 g/mol. The summed E-state index contributed by atoms with van der Waals surface area (Å²) in [4.78, 5) is 13.5. The summed E-state index contributed by atoms with van der Waals surface area (Å²) in [6.07, 6.45) is 68.2. The smallest absolute Gasteiger partial charge is 0.220 e. The van der Waals surface area contributed by atoms with Gasteiger partial charge in [-0.05, 0) is 70.6 Å². The zero-order valence-corrected chi connectivity index (χ0v) is 70.2. The first-order chi connectivity index (χ1) is 54.3. The number of carbonyl (C=O) groups excluding carboxylic acids is 1. The van der Waals surface area contributed by atoms with Gasteiger partial charge in [-0.2, -0.15) is 0 Å². The Bertz CT molecular complexity index is 2230. The van der Waals surface area contributed by atoms with Crippen molar-refractivity contribution in [3.8, 4) is 0 Å². The molecule has 3 rings (SSSR count). The average molecular weight is 1580 g/mol. The van der Waals surface area contributed by atoms with E-state index in [2.05, 4.69) is 67.8 Å². The number of aliphatic hydroxyl groups excluding tert-OH is 11. The molecule has 12 N–H and O–H groups in total. The fraction of sp³-hybridized carbons (Fsp3) is 0.880. The summed E-state index contributed by atoms with van der Waals surface area (Å²) in [5.74, 6) is -0.278. The molecular weight excluding hydrogens is 1410 g/mol. The van der Waals surface area contributed by atoms with E-state index in [9.17, 15) is 61.0 Å². The van der Waals surface area contributed by atoms with Gasteiger partial charge >= 0.3 is 0 Å². The van der Waals surface area contributed by atoms with Crippen LogP contribution < -0.4 is 5.32 Å². The maximum Gasteiger partial charge on any atom is 0.220 e. The van der Waals surface area contributed by atoms with Crippen LogP contribution in [0.25, 0.3) is 0 Å². The van der Waals surface area contributed by atoms with Gasteiger partial charge in [0.2, 0.25) is 5.91 Å². The van der Waals surface area contributed by atoms with E-state index in [-0.39, 0.29) is 18.9 Å². The summed E-state index contributed by atoms with van der Waals surface area (Å²) in [6, 6.07) is -0.992. The Balaban J connectivity index is 1.30. The third-order valence-electron chi connectivity index (χ3n) is 22.8. The second-order valence-corrected chi connectivity index (χ2v) is 32.8. The molecule has 17 atom stereocenters. The molecule has 0 bridgehead atoms. The summed E-state index contributed by atoms with van der Waals surface area (Å²) in [7, 11) is 0. The van der Waals surface area contributed by atoms with Crippen LogP contribution in [0.2, 0.25) is 0 Å². The molecule has 0 spiro atoms. The largest absolute Gasteiger partial charge is 0.394 e. The number of unbranched alkanes of at least 4 members (excludes halogenated alkanes) is 51. The first-order valence-corrected chi connectivity index (χ1v) is 46.0. The predicted molar refractivity (Wildman–Crippen MR) is 448 cm³/mol. The van der Waals surface area contributed by atoms with Crippen molar-refractivity contribution in [1.82, 2.24) is 5.32 Å². The zero-order valence-electron chi connectivity index (χ0n) is 70.2. The quantitative estimate of drug-likeness (QED) is 0.0199. The van der Waals surface area contributed by atoms with Crippen LogP contribution in [0.3, 0.4) is 0 Å². The molecule has 3 heterocycles. The van der Waals surface area contributed by atoms with Crippen molar-refractivity contribution in [2.75, 3.05) is 26.4 Å². The van der Waals surface area contributed by atoms with Gasteiger partial charge in [-0.1, -0.05) is 370 Å². The van der Waals surface area contributed by atoms with E-state index in [0.717, 1.165) is 51.4 Å². The maximum absolute atomic E-state index is 13.5. The third-order valence-corrected chi connectivity index (χ3v) is 22.8. The van der Waals surface area contributed by atoms with Crippen LogP contribution in [0.5, 0.6) is 0 Å². The number of nitrogens with one attached hydrogen (secondary N) is 1. The third kappa shape index (κ3) is 50.1. The SMILES string of the molecule is CCCCCCC/C=C\C/C=C\C/C=C\CCCCCCCCCCCCCCCCCCCCCCCCCCCCC(=O)NC(COC1OC(CO)C(OC2OC(CO)C(OC3OC(CO)C(O)C(O)C3O)C(O)C2O)C(O)C1O)C(O)/C=C/CC/C=C/CCCCCCCCCCCCCCCCCCCCC. The van der Waals surface area contributed by atoms with Gasteiger partial charge in [0.1, 0.15) is 73.2 Å². The summed E-state index contributed by atoms with van der Waals surface area (Å²) in [6.45, 7) is 1.76. The highest BCUT2D eigenvalue weighted by molar-refractivity contribution is 5.76. The number of aliphatic hydroxyl groups is 11. The van der Waals surface area contributed by atoms with E-state index in [1.165, 1.54) is 302 Å². The molecule has 17 unspecified atom stereocenters. The lowest BCUT2D eigenvalue weighted by Crippen LogP contribution is -2.66. The van der Waals surface area contributed by atoms with E-state index >= 15 is 0 Å². The molecular formula is C92H169NO18. The minimum Gasteiger partial charge on any atom is -0.394 e. The highest BCUT2D eigenvalue weighted by Crippen LogP contribution is 2.34. The molecule has 0 aliphatic carbocycles. The van der Waals surface area contributed by atoms with Gasteiger partial charge in [0, 0.05) is 6.42 Å². The van der Waals surface area contributed by atoms with Crippen LogP contribution >= 0.6 is 0 Å². The highest BCUT2D eigenvalue weighted by Gasteiger charge is 2.54. The van der Waals surface area contributed by atoms with E-state index in [0.29, 0.717) is 12.8 Å². The van der Waals surface area contributed by atoms with Crippen LogP contribution in [0.15, 0.2) is 60.8 Å². The van der Waals surface area contributed by atoms with Gasteiger partial charge in [-0.25, -0.2) is 0 Å². The molecule has 1 amide bonds. The minimum atomic E-state index is -1.98. The Morgan fingerprint density at radius 1 is 0.324 bits per heavy atom. The van der Waals surface area contributed by atoms with Crippen molar-refractivity contribution in [1.29, 1.82) is 0 Å². The van der Waals surface area contributed by atoms with E-state index < -0.39 is 124 Å². The van der Waals surface area contributed by atoms with Crippen LogP contribution in [-0.4, -0.2) is 193 Å². The van der Waals surface area contributed by atoms with Crippen molar-refractivity contribution in [3.63, 3.8) is 0 Å². The minimum absolute atomic E-state index is 0.239. The van der Waals surface area contributed by atoms with Crippen LogP contribution in [0, 0.1) is 0 Å². The van der Waals surface area contributed by atoms with Crippen LogP contribution in [0.1, 0.15) is 386 Å². The fourth-order valence-electron chi connectivity index (χ4n) is 15.5. The van der Waals surface area contributed by atoms with E-state index in [4.69, 9.17) is 28.4 Å². The van der Waals surface area contributed by atoms with Gasteiger partial charge in [0.15, 0.2) is 18.9 Å². The summed E-state index contributed by atoms with van der Waals surface area (Å²) < 4.78 is 34.5. The maximum atomic E-state index is 13.5. The lowest BCUT2D eigenvalue weighted by atomic mass is 9.96. The molecule has 0 saturated carbocycles. The Labute approximate surface area is 675 Å².